The molecule has 1 aliphatic rings. The maximum Gasteiger partial charge on any atom is 0.237 e. The van der Waals surface area contributed by atoms with Crippen molar-refractivity contribution < 1.29 is 9.18 Å². The number of thiocarbonyl (C=S) groups is 1. The molecule has 1 aromatic rings. The molecule has 0 saturated heterocycles. The Labute approximate surface area is 121 Å². The second kappa shape index (κ2) is 5.43. The smallest absolute Gasteiger partial charge is 0.237 e. The molecule has 1 saturated carbocycles. The van der Waals surface area contributed by atoms with Gasteiger partial charge in [-0.05, 0) is 25.0 Å². The van der Waals surface area contributed by atoms with Gasteiger partial charge in [-0.15, -0.1) is 0 Å². The topological polar surface area (TPSA) is 55.1 Å². The fraction of sp³-hybridized carbons (Fsp3) is 0.385. The van der Waals surface area contributed by atoms with Gasteiger partial charge in [0.15, 0.2) is 0 Å². The lowest BCUT2D eigenvalue weighted by molar-refractivity contribution is -0.122. The zero-order valence-electron chi connectivity index (χ0n) is 10.2. The number of para-hydroxylation sites is 1. The fourth-order valence-electron chi connectivity index (χ4n) is 2.41. The van der Waals surface area contributed by atoms with Crippen LogP contribution in [-0.2, 0) is 4.79 Å². The number of carbonyl (C=O) groups is 1. The quantitative estimate of drug-likeness (QED) is 0.842. The van der Waals surface area contributed by atoms with Gasteiger partial charge in [0, 0.05) is 0 Å². The number of halogens is 2. The van der Waals surface area contributed by atoms with Crippen molar-refractivity contribution >= 4 is 40.4 Å². The van der Waals surface area contributed by atoms with Crippen molar-refractivity contribution in [2.75, 3.05) is 5.32 Å². The van der Waals surface area contributed by atoms with Crippen molar-refractivity contribution in [3.05, 3.63) is 29.0 Å². The molecule has 3 N–H and O–H groups in total. The lowest BCUT2D eigenvalue weighted by Gasteiger charge is -2.26. The van der Waals surface area contributed by atoms with E-state index in [9.17, 15) is 9.18 Å². The second-order valence-corrected chi connectivity index (χ2v) is 5.55. The lowest BCUT2D eigenvalue weighted by atomic mass is 9.85. The minimum absolute atomic E-state index is 0.0170. The van der Waals surface area contributed by atoms with Crippen LogP contribution in [0.15, 0.2) is 18.2 Å². The summed E-state index contributed by atoms with van der Waals surface area (Å²) in [4.78, 5) is 12.5. The van der Waals surface area contributed by atoms with Crippen LogP contribution < -0.4 is 11.1 Å². The maximum absolute atomic E-state index is 13.7. The Bertz CT molecular complexity index is 509. The normalized spacial score (nSPS) is 17.2. The molecule has 0 heterocycles. The van der Waals surface area contributed by atoms with Crippen LogP contribution in [-0.4, -0.2) is 10.9 Å². The Hall–Kier alpha value is -1.20. The van der Waals surface area contributed by atoms with Gasteiger partial charge in [0.1, 0.15) is 5.82 Å². The third-order valence-electron chi connectivity index (χ3n) is 3.56. The molecule has 102 valence electrons. The van der Waals surface area contributed by atoms with E-state index in [2.05, 4.69) is 5.32 Å². The van der Waals surface area contributed by atoms with Crippen LogP contribution in [0.3, 0.4) is 0 Å². The Morgan fingerprint density at radius 2 is 2.05 bits per heavy atom. The van der Waals surface area contributed by atoms with Crippen LogP contribution in [0.2, 0.25) is 5.02 Å². The van der Waals surface area contributed by atoms with Crippen LogP contribution in [0.25, 0.3) is 0 Å². The first-order chi connectivity index (χ1) is 8.97. The highest BCUT2D eigenvalue weighted by Gasteiger charge is 2.44. The maximum atomic E-state index is 13.7. The summed E-state index contributed by atoms with van der Waals surface area (Å²) in [6.07, 6.45) is 2.96. The molecular weight excluding hydrogens is 287 g/mol. The molecule has 6 heteroatoms. The Morgan fingerprint density at radius 3 is 2.58 bits per heavy atom. The standard InChI is InChI=1S/C13H14ClFN2OS/c14-8-4-3-5-9(15)10(8)17-12(18)13(11(16)19)6-1-2-7-13/h3-5H,1-2,6-7H2,(H2,16,19)(H,17,18). The molecule has 1 aliphatic carbocycles. The first kappa shape index (κ1) is 14.2. The van der Waals surface area contributed by atoms with E-state index in [0.29, 0.717) is 12.8 Å². The van der Waals surface area contributed by atoms with Gasteiger partial charge in [0.2, 0.25) is 5.91 Å². The second-order valence-electron chi connectivity index (χ2n) is 4.70. The molecule has 1 amide bonds. The van der Waals surface area contributed by atoms with Crippen molar-refractivity contribution in [2.45, 2.75) is 25.7 Å². The van der Waals surface area contributed by atoms with Crippen molar-refractivity contribution in [3.8, 4) is 0 Å². The number of hydrogen-bond donors (Lipinski definition) is 2. The summed E-state index contributed by atoms with van der Waals surface area (Å²) >= 11 is 10.9. The predicted molar refractivity (Wildman–Crippen MR) is 77.7 cm³/mol. The highest BCUT2D eigenvalue weighted by Crippen LogP contribution is 2.40. The predicted octanol–water partition coefficient (Wildman–Crippen LogP) is 3.26. The number of nitrogens with two attached hydrogens (primary N) is 1. The number of carbonyl (C=O) groups excluding carboxylic acids is 1. The zero-order valence-corrected chi connectivity index (χ0v) is 11.8. The van der Waals surface area contributed by atoms with Crippen LogP contribution in [0.5, 0.6) is 0 Å². The van der Waals surface area contributed by atoms with Crippen molar-refractivity contribution in [1.29, 1.82) is 0 Å². The van der Waals surface area contributed by atoms with E-state index < -0.39 is 11.2 Å². The summed E-state index contributed by atoms with van der Waals surface area (Å²) in [5.41, 5.74) is 4.82. The molecule has 1 fully saturated rings. The number of amides is 1. The summed E-state index contributed by atoms with van der Waals surface area (Å²) in [5, 5.41) is 2.69. The highest BCUT2D eigenvalue weighted by molar-refractivity contribution is 7.80. The van der Waals surface area contributed by atoms with Gasteiger partial charge in [-0.2, -0.15) is 0 Å². The number of anilines is 1. The number of benzene rings is 1. The minimum atomic E-state index is -0.874. The molecule has 0 bridgehead atoms. The average Bonchev–Trinajstić information content (AvgIpc) is 2.84. The molecule has 0 aromatic heterocycles. The van der Waals surface area contributed by atoms with Gasteiger partial charge < -0.3 is 11.1 Å². The van der Waals surface area contributed by atoms with Gasteiger partial charge >= 0.3 is 0 Å². The zero-order chi connectivity index (χ0) is 14.0. The van der Waals surface area contributed by atoms with E-state index in [1.54, 1.807) is 0 Å². The van der Waals surface area contributed by atoms with E-state index >= 15 is 0 Å². The number of rotatable bonds is 3. The first-order valence-electron chi connectivity index (χ1n) is 6.03. The molecule has 0 radical (unpaired) electrons. The Morgan fingerprint density at radius 1 is 1.42 bits per heavy atom. The SMILES string of the molecule is NC(=S)C1(C(=O)Nc2c(F)cccc2Cl)CCCC1. The lowest BCUT2D eigenvalue weighted by Crippen LogP contribution is -2.44. The van der Waals surface area contributed by atoms with Gasteiger partial charge in [0.25, 0.3) is 0 Å². The van der Waals surface area contributed by atoms with Gasteiger partial charge in [0.05, 0.1) is 21.1 Å². The third kappa shape index (κ3) is 2.58. The third-order valence-corrected chi connectivity index (χ3v) is 4.27. The summed E-state index contributed by atoms with van der Waals surface area (Å²) in [6, 6.07) is 4.23. The Balaban J connectivity index is 2.28. The molecule has 0 aliphatic heterocycles. The van der Waals surface area contributed by atoms with Crippen molar-refractivity contribution in [1.82, 2.24) is 0 Å². The van der Waals surface area contributed by atoms with E-state index in [4.69, 9.17) is 29.6 Å². The largest absolute Gasteiger partial charge is 0.392 e. The van der Waals surface area contributed by atoms with E-state index in [1.165, 1.54) is 18.2 Å². The van der Waals surface area contributed by atoms with Crippen molar-refractivity contribution in [3.63, 3.8) is 0 Å². The molecule has 0 spiro atoms. The monoisotopic (exact) mass is 300 g/mol. The van der Waals surface area contributed by atoms with Gasteiger partial charge in [-0.25, -0.2) is 4.39 Å². The highest BCUT2D eigenvalue weighted by atomic mass is 35.5. The fourth-order valence-corrected chi connectivity index (χ4v) is 2.92. The molecule has 3 nitrogen and oxygen atoms in total. The van der Waals surface area contributed by atoms with Gasteiger partial charge in [-0.1, -0.05) is 42.7 Å². The molecule has 2 rings (SSSR count). The van der Waals surface area contributed by atoms with Crippen LogP contribution in [0, 0.1) is 11.2 Å². The van der Waals surface area contributed by atoms with Gasteiger partial charge in [-0.3, -0.25) is 4.79 Å². The Kier molecular flexibility index (Phi) is 4.06. The van der Waals surface area contributed by atoms with E-state index in [0.717, 1.165) is 12.8 Å². The summed E-state index contributed by atoms with van der Waals surface area (Å²) in [6.45, 7) is 0. The van der Waals surface area contributed by atoms with E-state index in [1.807, 2.05) is 0 Å². The molecule has 19 heavy (non-hydrogen) atoms. The van der Waals surface area contributed by atoms with Crippen LogP contribution >= 0.6 is 23.8 Å². The number of hydrogen-bond acceptors (Lipinski definition) is 2. The van der Waals surface area contributed by atoms with Crippen molar-refractivity contribution in [2.24, 2.45) is 11.1 Å². The molecule has 1 aromatic carbocycles. The van der Waals surface area contributed by atoms with E-state index in [-0.39, 0.29) is 21.6 Å². The summed E-state index contributed by atoms with van der Waals surface area (Å²) in [5.74, 6) is -0.943. The molecule has 0 atom stereocenters. The van der Waals surface area contributed by atoms with Crippen LogP contribution in [0.1, 0.15) is 25.7 Å². The van der Waals surface area contributed by atoms with Crippen LogP contribution in [0.4, 0.5) is 10.1 Å². The minimum Gasteiger partial charge on any atom is -0.392 e. The summed E-state index contributed by atoms with van der Waals surface area (Å²) < 4.78 is 13.7. The average molecular weight is 301 g/mol. The molecule has 0 unspecified atom stereocenters. The first-order valence-corrected chi connectivity index (χ1v) is 6.81. The summed E-state index contributed by atoms with van der Waals surface area (Å²) in [7, 11) is 0. The molecular formula is C13H14ClFN2OS. The number of nitrogens with one attached hydrogen (secondary N) is 1.